The third kappa shape index (κ3) is 9.21. The van der Waals surface area contributed by atoms with E-state index < -0.39 is 0 Å². The van der Waals surface area contributed by atoms with Gasteiger partial charge >= 0.3 is 5.97 Å². The van der Waals surface area contributed by atoms with Crippen LogP contribution in [0.1, 0.15) is 90.2 Å². The van der Waals surface area contributed by atoms with Crippen LogP contribution >= 0.6 is 0 Å². The molecule has 0 aliphatic heterocycles. The van der Waals surface area contributed by atoms with Crippen molar-refractivity contribution in [2.75, 3.05) is 0 Å². The van der Waals surface area contributed by atoms with Gasteiger partial charge in [0.05, 0.1) is 0 Å². The third-order valence-electron chi connectivity index (χ3n) is 5.08. The van der Waals surface area contributed by atoms with Crippen LogP contribution < -0.4 is 4.74 Å². The van der Waals surface area contributed by atoms with Gasteiger partial charge in [-0.25, -0.2) is 9.97 Å². The summed E-state index contributed by atoms with van der Waals surface area (Å²) in [5.41, 5.74) is 2.03. The Bertz CT molecular complexity index is 713. The highest BCUT2D eigenvalue weighted by Crippen LogP contribution is 2.20. The van der Waals surface area contributed by atoms with E-state index in [2.05, 4.69) is 18.8 Å². The van der Waals surface area contributed by atoms with Crippen LogP contribution in [-0.2, 0) is 11.2 Å². The van der Waals surface area contributed by atoms with Crippen molar-refractivity contribution in [1.82, 2.24) is 9.97 Å². The Morgan fingerprint density at radius 3 is 2.21 bits per heavy atom. The minimum absolute atomic E-state index is 0.161. The molecule has 0 unspecified atom stereocenters. The molecule has 4 heteroatoms. The summed E-state index contributed by atoms with van der Waals surface area (Å²) >= 11 is 0. The zero-order valence-corrected chi connectivity index (χ0v) is 18.2. The molecule has 0 bridgehead atoms. The Hall–Kier alpha value is -2.23. The molecule has 0 N–H and O–H groups in total. The Balaban J connectivity index is 1.82. The number of unbranched alkanes of at least 4 members (excludes halogenated alkanes) is 8. The van der Waals surface area contributed by atoms with Gasteiger partial charge in [-0.15, -0.1) is 0 Å². The van der Waals surface area contributed by atoms with E-state index in [1.165, 1.54) is 51.4 Å². The maximum absolute atomic E-state index is 11.9. The Kier molecular flexibility index (Phi) is 11.0. The molecule has 29 heavy (non-hydrogen) atoms. The van der Waals surface area contributed by atoms with Crippen LogP contribution in [0.15, 0.2) is 36.5 Å². The number of benzene rings is 1. The van der Waals surface area contributed by atoms with E-state index in [4.69, 9.17) is 9.72 Å². The van der Waals surface area contributed by atoms with Crippen LogP contribution in [0.25, 0.3) is 11.4 Å². The molecule has 2 rings (SSSR count). The number of esters is 1. The molecule has 0 saturated heterocycles. The van der Waals surface area contributed by atoms with Gasteiger partial charge in [-0.05, 0) is 49.6 Å². The third-order valence-corrected chi connectivity index (χ3v) is 5.08. The van der Waals surface area contributed by atoms with Crippen LogP contribution in [0.3, 0.4) is 0 Å². The lowest BCUT2D eigenvalue weighted by Crippen LogP contribution is -2.07. The number of nitrogens with zero attached hydrogens (tertiary/aromatic N) is 2. The zero-order valence-electron chi connectivity index (χ0n) is 18.2. The number of hydrogen-bond donors (Lipinski definition) is 0. The van der Waals surface area contributed by atoms with Gasteiger partial charge in [-0.3, -0.25) is 4.79 Å². The summed E-state index contributed by atoms with van der Waals surface area (Å²) in [7, 11) is 0. The lowest BCUT2D eigenvalue weighted by atomic mass is 10.1. The Labute approximate surface area is 176 Å². The highest BCUT2D eigenvalue weighted by molar-refractivity contribution is 5.72. The molecule has 0 atom stereocenters. The molecule has 158 valence electrons. The summed E-state index contributed by atoms with van der Waals surface area (Å²) in [4.78, 5) is 21.0. The van der Waals surface area contributed by atoms with Crippen molar-refractivity contribution in [2.24, 2.45) is 0 Å². The highest BCUT2D eigenvalue weighted by Gasteiger charge is 2.07. The second-order valence-corrected chi connectivity index (χ2v) is 7.70. The number of aryl methyl sites for hydroxylation is 1. The molecular weight excluding hydrogens is 360 g/mol. The van der Waals surface area contributed by atoms with Gasteiger partial charge < -0.3 is 4.74 Å². The van der Waals surface area contributed by atoms with E-state index in [9.17, 15) is 4.79 Å². The standard InChI is InChI=1S/C25H36N2O2/c1-3-5-7-9-10-11-13-22-19-20-26-25(27-22)21-15-17-23(18-16-21)29-24(28)14-12-8-6-4-2/h15-20H,3-14H2,1-2H3. The van der Waals surface area contributed by atoms with Gasteiger partial charge in [-0.1, -0.05) is 65.2 Å². The number of hydrogen-bond acceptors (Lipinski definition) is 4. The molecular formula is C25H36N2O2. The average molecular weight is 397 g/mol. The number of carbonyl (C=O) groups is 1. The highest BCUT2D eigenvalue weighted by atomic mass is 16.5. The van der Waals surface area contributed by atoms with E-state index in [1.54, 1.807) is 0 Å². The molecule has 2 aromatic rings. The number of rotatable bonds is 14. The van der Waals surface area contributed by atoms with Gasteiger partial charge in [0.2, 0.25) is 0 Å². The molecule has 1 heterocycles. The first-order valence-corrected chi connectivity index (χ1v) is 11.4. The van der Waals surface area contributed by atoms with Crippen molar-refractivity contribution in [1.29, 1.82) is 0 Å². The van der Waals surface area contributed by atoms with Crippen molar-refractivity contribution in [3.8, 4) is 17.1 Å². The molecule has 0 spiro atoms. The Morgan fingerprint density at radius 1 is 0.828 bits per heavy atom. The molecule has 0 saturated carbocycles. The van der Waals surface area contributed by atoms with E-state index >= 15 is 0 Å². The van der Waals surface area contributed by atoms with Gasteiger partial charge in [0.25, 0.3) is 0 Å². The fourth-order valence-corrected chi connectivity index (χ4v) is 3.31. The lowest BCUT2D eigenvalue weighted by Gasteiger charge is -2.07. The van der Waals surface area contributed by atoms with Crippen molar-refractivity contribution in [3.05, 3.63) is 42.2 Å². The predicted octanol–water partition coefficient (Wildman–Crippen LogP) is 6.92. The fraction of sp³-hybridized carbons (Fsp3) is 0.560. The quantitative estimate of drug-likeness (QED) is 0.197. The van der Waals surface area contributed by atoms with Gasteiger partial charge in [0.1, 0.15) is 5.75 Å². The first-order valence-electron chi connectivity index (χ1n) is 11.4. The molecule has 0 fully saturated rings. The molecule has 0 aliphatic rings. The number of carbonyl (C=O) groups excluding carboxylic acids is 1. The minimum atomic E-state index is -0.161. The Morgan fingerprint density at radius 2 is 1.48 bits per heavy atom. The number of aromatic nitrogens is 2. The SMILES string of the molecule is CCCCCCCCc1ccnc(-c2ccc(OC(=O)CCCCCC)cc2)n1. The normalized spacial score (nSPS) is 10.8. The van der Waals surface area contributed by atoms with Gasteiger partial charge in [-0.2, -0.15) is 0 Å². The summed E-state index contributed by atoms with van der Waals surface area (Å²) in [5, 5.41) is 0. The molecule has 0 aliphatic carbocycles. The largest absolute Gasteiger partial charge is 0.427 e. The van der Waals surface area contributed by atoms with Crippen LogP contribution in [-0.4, -0.2) is 15.9 Å². The summed E-state index contributed by atoms with van der Waals surface area (Å²) in [6, 6.07) is 9.49. The van der Waals surface area contributed by atoms with E-state index in [0.29, 0.717) is 12.2 Å². The average Bonchev–Trinajstić information content (AvgIpc) is 2.74. The van der Waals surface area contributed by atoms with Gasteiger partial charge in [0, 0.05) is 23.9 Å². The summed E-state index contributed by atoms with van der Waals surface area (Å²) in [6.45, 7) is 4.40. The van der Waals surface area contributed by atoms with Crippen molar-refractivity contribution in [2.45, 2.75) is 90.9 Å². The van der Waals surface area contributed by atoms with Crippen molar-refractivity contribution < 1.29 is 9.53 Å². The van der Waals surface area contributed by atoms with E-state index in [0.717, 1.165) is 36.3 Å². The predicted molar refractivity (Wildman–Crippen MR) is 119 cm³/mol. The molecule has 1 aromatic heterocycles. The minimum Gasteiger partial charge on any atom is -0.427 e. The topological polar surface area (TPSA) is 52.1 Å². The molecule has 1 aromatic carbocycles. The fourth-order valence-electron chi connectivity index (χ4n) is 3.31. The maximum Gasteiger partial charge on any atom is 0.311 e. The first-order chi connectivity index (χ1) is 14.2. The maximum atomic E-state index is 11.9. The second kappa shape index (κ2) is 13.9. The van der Waals surface area contributed by atoms with E-state index in [1.807, 2.05) is 36.5 Å². The second-order valence-electron chi connectivity index (χ2n) is 7.70. The van der Waals surface area contributed by atoms with Crippen LogP contribution in [0.2, 0.25) is 0 Å². The molecule has 0 radical (unpaired) electrons. The summed E-state index contributed by atoms with van der Waals surface area (Å²) < 4.78 is 5.42. The molecule has 4 nitrogen and oxygen atoms in total. The van der Waals surface area contributed by atoms with Crippen LogP contribution in [0.5, 0.6) is 5.75 Å². The summed E-state index contributed by atoms with van der Waals surface area (Å²) in [6.07, 6.45) is 15.3. The number of ether oxygens (including phenoxy) is 1. The zero-order chi connectivity index (χ0) is 20.7. The van der Waals surface area contributed by atoms with Crippen molar-refractivity contribution >= 4 is 5.97 Å². The van der Waals surface area contributed by atoms with E-state index in [-0.39, 0.29) is 5.97 Å². The van der Waals surface area contributed by atoms with Crippen molar-refractivity contribution in [3.63, 3.8) is 0 Å². The smallest absolute Gasteiger partial charge is 0.311 e. The van der Waals surface area contributed by atoms with Crippen LogP contribution in [0.4, 0.5) is 0 Å². The first kappa shape index (κ1) is 23.1. The molecule has 0 amide bonds. The monoisotopic (exact) mass is 396 g/mol. The van der Waals surface area contributed by atoms with Crippen LogP contribution in [0, 0.1) is 0 Å². The lowest BCUT2D eigenvalue weighted by molar-refractivity contribution is -0.134. The van der Waals surface area contributed by atoms with Gasteiger partial charge in [0.15, 0.2) is 5.82 Å². The summed E-state index contributed by atoms with van der Waals surface area (Å²) in [5.74, 6) is 1.15.